The first-order valence-electron chi connectivity index (χ1n) is 9.89. The maximum Gasteiger partial charge on any atom is 0.0684 e. The average Bonchev–Trinajstić information content (AvgIpc) is 2.66. The summed E-state index contributed by atoms with van der Waals surface area (Å²) in [5.41, 5.74) is 1.64. The van der Waals surface area contributed by atoms with Crippen molar-refractivity contribution in [2.45, 2.75) is 44.9 Å². The molecular formula is C21H32N2O2. The molecule has 2 aliphatic heterocycles. The SMILES string of the molecule is CC1(C)[C@H](NC[C@H](c2ccccc2)N2CCOCC2)[C@@H]2CCCO[C@@H]21. The third kappa shape index (κ3) is 3.37. The van der Waals surface area contributed by atoms with Crippen LogP contribution in [-0.4, -0.2) is 56.5 Å². The number of hydrogen-bond acceptors (Lipinski definition) is 4. The third-order valence-electron chi connectivity index (χ3n) is 6.53. The van der Waals surface area contributed by atoms with E-state index in [1.54, 1.807) is 0 Å². The van der Waals surface area contributed by atoms with Crippen LogP contribution in [0.4, 0.5) is 0 Å². The Labute approximate surface area is 151 Å². The van der Waals surface area contributed by atoms with Gasteiger partial charge in [-0.3, -0.25) is 4.90 Å². The van der Waals surface area contributed by atoms with Crippen molar-refractivity contribution < 1.29 is 9.47 Å². The molecule has 0 unspecified atom stereocenters. The highest BCUT2D eigenvalue weighted by Crippen LogP contribution is 2.51. The molecular weight excluding hydrogens is 312 g/mol. The van der Waals surface area contributed by atoms with Gasteiger partial charge in [0.05, 0.1) is 19.3 Å². The zero-order valence-electron chi connectivity index (χ0n) is 15.6. The molecule has 1 saturated carbocycles. The Bertz CT molecular complexity index is 556. The smallest absolute Gasteiger partial charge is 0.0684 e. The van der Waals surface area contributed by atoms with Crippen molar-refractivity contribution in [3.05, 3.63) is 35.9 Å². The van der Waals surface area contributed by atoms with Crippen LogP contribution in [0, 0.1) is 11.3 Å². The van der Waals surface area contributed by atoms with Gasteiger partial charge >= 0.3 is 0 Å². The van der Waals surface area contributed by atoms with Gasteiger partial charge in [-0.15, -0.1) is 0 Å². The van der Waals surface area contributed by atoms with Crippen molar-refractivity contribution in [2.75, 3.05) is 39.5 Å². The molecule has 0 bridgehead atoms. The van der Waals surface area contributed by atoms with Crippen molar-refractivity contribution in [3.8, 4) is 0 Å². The second-order valence-electron chi connectivity index (χ2n) is 8.38. The first kappa shape index (κ1) is 17.5. The monoisotopic (exact) mass is 344 g/mol. The number of hydrogen-bond donors (Lipinski definition) is 1. The normalized spacial score (nSPS) is 33.3. The second-order valence-corrected chi connectivity index (χ2v) is 8.38. The number of benzene rings is 1. The molecule has 0 aromatic heterocycles. The zero-order valence-corrected chi connectivity index (χ0v) is 15.6. The first-order valence-corrected chi connectivity index (χ1v) is 9.89. The van der Waals surface area contributed by atoms with E-state index in [2.05, 4.69) is 54.4 Å². The second kappa shape index (κ2) is 7.36. The van der Waals surface area contributed by atoms with Gasteiger partial charge in [0.2, 0.25) is 0 Å². The lowest BCUT2D eigenvalue weighted by atomic mass is 9.55. The standard InChI is InChI=1S/C21H32N2O2/c1-21(2)19(17-9-6-12-25-20(17)21)22-15-18(16-7-4-3-5-8-16)23-10-13-24-14-11-23/h3-5,7-8,17-20,22H,6,9-15H2,1-2H3/t17-,18+,19+,20-/m0/s1. The molecule has 138 valence electrons. The Morgan fingerprint density at radius 2 is 1.92 bits per heavy atom. The van der Waals surface area contributed by atoms with Crippen LogP contribution in [0.15, 0.2) is 30.3 Å². The van der Waals surface area contributed by atoms with E-state index in [9.17, 15) is 0 Å². The van der Waals surface area contributed by atoms with Gasteiger partial charge in [0.15, 0.2) is 0 Å². The molecule has 1 aromatic carbocycles. The fourth-order valence-corrected chi connectivity index (χ4v) is 5.20. The Balaban J connectivity index is 1.45. The van der Waals surface area contributed by atoms with Crippen molar-refractivity contribution in [1.29, 1.82) is 0 Å². The molecule has 1 aliphatic carbocycles. The minimum atomic E-state index is 0.233. The Morgan fingerprint density at radius 3 is 2.68 bits per heavy atom. The van der Waals surface area contributed by atoms with Gasteiger partial charge < -0.3 is 14.8 Å². The molecule has 2 heterocycles. The number of ether oxygens (including phenoxy) is 2. The molecule has 0 amide bonds. The first-order chi connectivity index (χ1) is 12.2. The molecule has 4 atom stereocenters. The molecule has 4 heteroatoms. The minimum absolute atomic E-state index is 0.233. The van der Waals surface area contributed by atoms with E-state index in [1.165, 1.54) is 18.4 Å². The Morgan fingerprint density at radius 1 is 1.16 bits per heavy atom. The van der Waals surface area contributed by atoms with Gasteiger partial charge in [0, 0.05) is 49.7 Å². The third-order valence-corrected chi connectivity index (χ3v) is 6.53. The van der Waals surface area contributed by atoms with Crippen LogP contribution in [0.25, 0.3) is 0 Å². The summed E-state index contributed by atoms with van der Waals surface area (Å²) in [7, 11) is 0. The number of nitrogens with zero attached hydrogens (tertiary/aromatic N) is 1. The molecule has 3 aliphatic rings. The number of nitrogens with one attached hydrogen (secondary N) is 1. The summed E-state index contributed by atoms with van der Waals surface area (Å²) in [6.45, 7) is 10.4. The van der Waals surface area contributed by atoms with Crippen LogP contribution in [0.2, 0.25) is 0 Å². The Hall–Kier alpha value is -0.940. The Kier molecular flexibility index (Phi) is 5.14. The highest BCUT2D eigenvalue weighted by molar-refractivity contribution is 5.20. The minimum Gasteiger partial charge on any atom is -0.379 e. The molecule has 25 heavy (non-hydrogen) atoms. The average molecular weight is 344 g/mol. The summed E-state index contributed by atoms with van der Waals surface area (Å²) in [4.78, 5) is 2.58. The lowest BCUT2D eigenvalue weighted by molar-refractivity contribution is -0.193. The van der Waals surface area contributed by atoms with E-state index in [1.807, 2.05) is 0 Å². The van der Waals surface area contributed by atoms with Gasteiger partial charge in [-0.25, -0.2) is 0 Å². The highest BCUT2D eigenvalue weighted by atomic mass is 16.5. The van der Waals surface area contributed by atoms with Gasteiger partial charge in [-0.05, 0) is 18.4 Å². The maximum atomic E-state index is 6.06. The van der Waals surface area contributed by atoms with Crippen molar-refractivity contribution in [3.63, 3.8) is 0 Å². The van der Waals surface area contributed by atoms with Gasteiger partial charge in [-0.2, -0.15) is 0 Å². The molecule has 1 N–H and O–H groups in total. The van der Waals surface area contributed by atoms with Crippen LogP contribution in [0.5, 0.6) is 0 Å². The number of rotatable bonds is 5. The summed E-state index contributed by atoms with van der Waals surface area (Å²) in [6, 6.07) is 11.9. The summed E-state index contributed by atoms with van der Waals surface area (Å²) < 4.78 is 11.6. The lowest BCUT2D eigenvalue weighted by Crippen LogP contribution is -2.69. The molecule has 4 nitrogen and oxygen atoms in total. The van der Waals surface area contributed by atoms with Crippen molar-refractivity contribution in [1.82, 2.24) is 10.2 Å². The molecule has 0 spiro atoms. The van der Waals surface area contributed by atoms with E-state index >= 15 is 0 Å². The molecule has 1 aromatic rings. The predicted molar refractivity (Wildman–Crippen MR) is 99.6 cm³/mol. The number of morpholine rings is 1. The number of fused-ring (bicyclic) bond motifs is 1. The van der Waals surface area contributed by atoms with Crippen molar-refractivity contribution in [2.24, 2.45) is 11.3 Å². The summed E-state index contributed by atoms with van der Waals surface area (Å²) in [6.07, 6.45) is 2.96. The maximum absolute atomic E-state index is 6.06. The van der Waals surface area contributed by atoms with Crippen LogP contribution in [0.3, 0.4) is 0 Å². The summed E-state index contributed by atoms with van der Waals surface area (Å²) in [5, 5.41) is 3.94. The molecule has 4 rings (SSSR count). The van der Waals surface area contributed by atoms with Crippen LogP contribution in [0.1, 0.15) is 38.3 Å². The fourth-order valence-electron chi connectivity index (χ4n) is 5.20. The largest absolute Gasteiger partial charge is 0.379 e. The quantitative estimate of drug-likeness (QED) is 0.891. The van der Waals surface area contributed by atoms with Crippen LogP contribution in [-0.2, 0) is 9.47 Å². The van der Waals surface area contributed by atoms with E-state index in [0.717, 1.165) is 39.5 Å². The molecule has 0 radical (unpaired) electrons. The summed E-state index contributed by atoms with van der Waals surface area (Å²) >= 11 is 0. The lowest BCUT2D eigenvalue weighted by Gasteiger charge is -2.60. The molecule has 2 saturated heterocycles. The van der Waals surface area contributed by atoms with E-state index in [4.69, 9.17) is 9.47 Å². The fraction of sp³-hybridized carbons (Fsp3) is 0.714. The zero-order chi connectivity index (χ0) is 17.3. The molecule has 3 fully saturated rings. The van der Waals surface area contributed by atoms with Crippen LogP contribution < -0.4 is 5.32 Å². The van der Waals surface area contributed by atoms with E-state index in [0.29, 0.717) is 24.1 Å². The summed E-state index contributed by atoms with van der Waals surface area (Å²) in [5.74, 6) is 0.685. The van der Waals surface area contributed by atoms with Gasteiger partial charge in [0.1, 0.15) is 0 Å². The topological polar surface area (TPSA) is 33.7 Å². The predicted octanol–water partition coefficient (Wildman–Crippen LogP) is 2.85. The highest BCUT2D eigenvalue weighted by Gasteiger charge is 2.57. The van der Waals surface area contributed by atoms with Gasteiger partial charge in [0.25, 0.3) is 0 Å². The van der Waals surface area contributed by atoms with E-state index < -0.39 is 0 Å². The van der Waals surface area contributed by atoms with Crippen molar-refractivity contribution >= 4 is 0 Å². The van der Waals surface area contributed by atoms with Crippen LogP contribution >= 0.6 is 0 Å². The van der Waals surface area contributed by atoms with E-state index in [-0.39, 0.29) is 5.41 Å². The van der Waals surface area contributed by atoms with Gasteiger partial charge in [-0.1, -0.05) is 44.2 Å².